The van der Waals surface area contributed by atoms with Gasteiger partial charge in [-0.3, -0.25) is 0 Å². The first kappa shape index (κ1) is 17.7. The number of para-hydroxylation sites is 1. The molecule has 0 saturated heterocycles. The van der Waals surface area contributed by atoms with Crippen LogP contribution in [0.15, 0.2) is 48.5 Å². The van der Waals surface area contributed by atoms with E-state index in [4.69, 9.17) is 9.84 Å². The summed E-state index contributed by atoms with van der Waals surface area (Å²) < 4.78 is 7.70. The Morgan fingerprint density at radius 3 is 2.50 bits per heavy atom. The molecule has 0 radical (unpaired) electrons. The van der Waals surface area contributed by atoms with E-state index in [0.29, 0.717) is 23.4 Å². The van der Waals surface area contributed by atoms with Gasteiger partial charge >= 0.3 is 0 Å². The molecule has 0 bridgehead atoms. The lowest BCUT2D eigenvalue weighted by Gasteiger charge is -2.12. The van der Waals surface area contributed by atoms with Crippen molar-refractivity contribution in [2.24, 2.45) is 0 Å². The quantitative estimate of drug-likeness (QED) is 0.741. The van der Waals surface area contributed by atoms with Crippen molar-refractivity contribution in [2.75, 3.05) is 6.61 Å². The SMILES string of the molecule is Cc1ccccc1-n1nc(C)c(C#N)c1COc1ccc(CCO)cc1. The van der Waals surface area contributed by atoms with Gasteiger partial charge in [-0.2, -0.15) is 10.4 Å². The van der Waals surface area contributed by atoms with Gasteiger partial charge in [0.15, 0.2) is 0 Å². The molecule has 0 saturated carbocycles. The van der Waals surface area contributed by atoms with Gasteiger partial charge in [0, 0.05) is 6.61 Å². The fourth-order valence-electron chi connectivity index (χ4n) is 2.89. The van der Waals surface area contributed by atoms with Gasteiger partial charge in [-0.05, 0) is 49.6 Å². The Morgan fingerprint density at radius 2 is 1.85 bits per heavy atom. The number of nitrogens with zero attached hydrogens (tertiary/aromatic N) is 3. The molecule has 5 nitrogen and oxygen atoms in total. The maximum Gasteiger partial charge on any atom is 0.132 e. The van der Waals surface area contributed by atoms with Crippen LogP contribution in [-0.2, 0) is 13.0 Å². The summed E-state index contributed by atoms with van der Waals surface area (Å²) in [5, 5.41) is 23.1. The molecule has 3 aromatic rings. The summed E-state index contributed by atoms with van der Waals surface area (Å²) in [5.74, 6) is 0.714. The Morgan fingerprint density at radius 1 is 1.12 bits per heavy atom. The van der Waals surface area contributed by atoms with Gasteiger partial charge in [-0.15, -0.1) is 0 Å². The van der Waals surface area contributed by atoms with Crippen LogP contribution in [0.25, 0.3) is 5.69 Å². The van der Waals surface area contributed by atoms with Crippen molar-refractivity contribution in [3.63, 3.8) is 0 Å². The standard InChI is InChI=1S/C21H21N3O2/c1-15-5-3-4-6-20(15)24-21(19(13-22)16(2)23-24)14-26-18-9-7-17(8-10-18)11-12-25/h3-10,25H,11-12,14H2,1-2H3. The number of rotatable bonds is 6. The first-order valence-electron chi connectivity index (χ1n) is 8.51. The Kier molecular flexibility index (Phi) is 5.35. The number of nitriles is 1. The number of hydrogen-bond donors (Lipinski definition) is 1. The predicted octanol–water partition coefficient (Wildman–Crippen LogP) is 3.47. The fourth-order valence-corrected chi connectivity index (χ4v) is 2.89. The summed E-state index contributed by atoms with van der Waals surface area (Å²) in [6.07, 6.45) is 0.623. The maximum atomic E-state index is 9.54. The molecule has 0 unspecified atom stereocenters. The summed E-state index contributed by atoms with van der Waals surface area (Å²) >= 11 is 0. The smallest absolute Gasteiger partial charge is 0.132 e. The maximum absolute atomic E-state index is 9.54. The molecule has 0 amide bonds. The van der Waals surface area contributed by atoms with Gasteiger partial charge in [-0.25, -0.2) is 4.68 Å². The number of aliphatic hydroxyl groups excluding tert-OH is 1. The highest BCUT2D eigenvalue weighted by Crippen LogP contribution is 2.22. The second-order valence-corrected chi connectivity index (χ2v) is 6.12. The summed E-state index contributed by atoms with van der Waals surface area (Å²) in [6.45, 7) is 4.22. The van der Waals surface area contributed by atoms with Crippen molar-refractivity contribution in [1.82, 2.24) is 9.78 Å². The molecule has 0 spiro atoms. The van der Waals surface area contributed by atoms with Gasteiger partial charge in [0.05, 0.1) is 17.1 Å². The van der Waals surface area contributed by atoms with Crippen molar-refractivity contribution in [3.05, 3.63) is 76.6 Å². The molecule has 132 valence electrons. The second kappa shape index (κ2) is 7.85. The second-order valence-electron chi connectivity index (χ2n) is 6.12. The normalized spacial score (nSPS) is 10.5. The van der Waals surface area contributed by atoms with Gasteiger partial charge < -0.3 is 9.84 Å². The van der Waals surface area contributed by atoms with E-state index in [9.17, 15) is 5.26 Å². The lowest BCUT2D eigenvalue weighted by molar-refractivity contribution is 0.295. The van der Waals surface area contributed by atoms with Gasteiger partial charge in [0.25, 0.3) is 0 Å². The van der Waals surface area contributed by atoms with Crippen LogP contribution in [0, 0.1) is 25.2 Å². The zero-order valence-electron chi connectivity index (χ0n) is 14.9. The molecule has 0 aliphatic rings. The first-order valence-corrected chi connectivity index (χ1v) is 8.51. The van der Waals surface area contributed by atoms with Crippen LogP contribution in [0.4, 0.5) is 0 Å². The van der Waals surface area contributed by atoms with Gasteiger partial charge in [-0.1, -0.05) is 30.3 Å². The van der Waals surface area contributed by atoms with E-state index in [1.807, 2.05) is 62.4 Å². The van der Waals surface area contributed by atoms with Crippen molar-refractivity contribution < 1.29 is 9.84 Å². The zero-order chi connectivity index (χ0) is 18.5. The molecule has 2 aromatic carbocycles. The fraction of sp³-hybridized carbons (Fsp3) is 0.238. The van der Waals surface area contributed by atoms with Crippen LogP contribution in [0.1, 0.15) is 28.1 Å². The van der Waals surface area contributed by atoms with Crippen LogP contribution in [0.2, 0.25) is 0 Å². The molecule has 26 heavy (non-hydrogen) atoms. The van der Waals surface area contributed by atoms with Crippen molar-refractivity contribution >= 4 is 0 Å². The Labute approximate surface area is 153 Å². The van der Waals surface area contributed by atoms with E-state index in [1.165, 1.54) is 0 Å². The minimum Gasteiger partial charge on any atom is -0.487 e. The predicted molar refractivity (Wildman–Crippen MR) is 99.3 cm³/mol. The monoisotopic (exact) mass is 347 g/mol. The van der Waals surface area contributed by atoms with E-state index in [1.54, 1.807) is 4.68 Å². The molecule has 0 aliphatic heterocycles. The minimum atomic E-state index is 0.126. The summed E-state index contributed by atoms with van der Waals surface area (Å²) in [7, 11) is 0. The molecule has 0 fully saturated rings. The summed E-state index contributed by atoms with van der Waals surface area (Å²) in [6, 6.07) is 17.8. The van der Waals surface area contributed by atoms with Crippen molar-refractivity contribution in [3.8, 4) is 17.5 Å². The largest absolute Gasteiger partial charge is 0.487 e. The Bertz CT molecular complexity index is 937. The van der Waals surface area contributed by atoms with E-state index in [-0.39, 0.29) is 13.2 Å². The molecule has 0 aliphatic carbocycles. The van der Waals surface area contributed by atoms with E-state index < -0.39 is 0 Å². The third-order valence-corrected chi connectivity index (χ3v) is 4.31. The molecular formula is C21H21N3O2. The molecule has 1 N–H and O–H groups in total. The highest BCUT2D eigenvalue weighted by Gasteiger charge is 2.18. The highest BCUT2D eigenvalue weighted by molar-refractivity contribution is 5.46. The topological polar surface area (TPSA) is 71.1 Å². The summed E-state index contributed by atoms with van der Waals surface area (Å²) in [5.41, 5.74) is 5.04. The molecule has 5 heteroatoms. The number of benzene rings is 2. The van der Waals surface area contributed by atoms with Crippen LogP contribution in [0.3, 0.4) is 0 Å². The highest BCUT2D eigenvalue weighted by atomic mass is 16.5. The van der Waals surface area contributed by atoms with Crippen molar-refractivity contribution in [2.45, 2.75) is 26.9 Å². The van der Waals surface area contributed by atoms with Gasteiger partial charge in [0.1, 0.15) is 24.0 Å². The molecule has 1 aromatic heterocycles. The van der Waals surface area contributed by atoms with E-state index in [2.05, 4.69) is 11.2 Å². The van der Waals surface area contributed by atoms with Crippen molar-refractivity contribution in [1.29, 1.82) is 5.26 Å². The number of aromatic nitrogens is 2. The van der Waals surface area contributed by atoms with Crippen LogP contribution in [-0.4, -0.2) is 21.5 Å². The summed E-state index contributed by atoms with van der Waals surface area (Å²) in [4.78, 5) is 0. The molecule has 1 heterocycles. The third kappa shape index (κ3) is 3.61. The Hall–Kier alpha value is -3.10. The minimum absolute atomic E-state index is 0.126. The van der Waals surface area contributed by atoms with E-state index >= 15 is 0 Å². The van der Waals surface area contributed by atoms with Gasteiger partial charge in [0.2, 0.25) is 0 Å². The Balaban J connectivity index is 1.89. The third-order valence-electron chi connectivity index (χ3n) is 4.31. The van der Waals surface area contributed by atoms with Crippen LogP contribution in [0.5, 0.6) is 5.75 Å². The number of aliphatic hydroxyl groups is 1. The number of hydrogen-bond acceptors (Lipinski definition) is 4. The number of aryl methyl sites for hydroxylation is 2. The lowest BCUT2D eigenvalue weighted by Crippen LogP contribution is -2.08. The zero-order valence-corrected chi connectivity index (χ0v) is 14.9. The average Bonchev–Trinajstić information content (AvgIpc) is 2.97. The molecule has 0 atom stereocenters. The van der Waals surface area contributed by atoms with Crippen LogP contribution >= 0.6 is 0 Å². The van der Waals surface area contributed by atoms with E-state index in [0.717, 1.165) is 22.5 Å². The lowest BCUT2D eigenvalue weighted by atomic mass is 10.1. The molecular weight excluding hydrogens is 326 g/mol. The average molecular weight is 347 g/mol. The van der Waals surface area contributed by atoms with Crippen LogP contribution < -0.4 is 4.74 Å². The molecule has 3 rings (SSSR count). The number of ether oxygens (including phenoxy) is 1. The first-order chi connectivity index (χ1) is 12.6.